The van der Waals surface area contributed by atoms with Gasteiger partial charge in [0.05, 0.1) is 0 Å². The van der Waals surface area contributed by atoms with E-state index in [1.54, 1.807) is 32.1 Å². The molecular formula is C20H35N. The van der Waals surface area contributed by atoms with Crippen molar-refractivity contribution in [1.82, 2.24) is 5.32 Å². The van der Waals surface area contributed by atoms with Crippen molar-refractivity contribution in [2.24, 2.45) is 28.6 Å². The van der Waals surface area contributed by atoms with Crippen LogP contribution in [0, 0.1) is 28.6 Å². The summed E-state index contributed by atoms with van der Waals surface area (Å²) in [5.74, 6) is 3.16. The summed E-state index contributed by atoms with van der Waals surface area (Å²) in [6.07, 6.45) is 18.3. The van der Waals surface area contributed by atoms with Crippen molar-refractivity contribution in [3.8, 4) is 0 Å². The molecule has 0 radical (unpaired) electrons. The molecule has 5 fully saturated rings. The average Bonchev–Trinajstić information content (AvgIpc) is 2.43. The SMILES string of the molecule is CNC(CC1CCCCC1)C12CC3CC(CC(C)(C3)C1)C2. The van der Waals surface area contributed by atoms with Crippen LogP contribution in [0.15, 0.2) is 0 Å². The zero-order chi connectivity index (χ0) is 14.5. The van der Waals surface area contributed by atoms with Gasteiger partial charge in [-0.2, -0.15) is 0 Å². The van der Waals surface area contributed by atoms with E-state index in [1.165, 1.54) is 44.9 Å². The molecule has 0 aromatic rings. The average molecular weight is 290 g/mol. The van der Waals surface area contributed by atoms with Crippen LogP contribution in [-0.4, -0.2) is 13.1 Å². The van der Waals surface area contributed by atoms with Crippen LogP contribution in [0.3, 0.4) is 0 Å². The van der Waals surface area contributed by atoms with Crippen LogP contribution < -0.4 is 5.32 Å². The molecule has 5 aliphatic rings. The smallest absolute Gasteiger partial charge is 0.0124 e. The molecule has 0 saturated heterocycles. The highest BCUT2D eigenvalue weighted by molar-refractivity contribution is 5.10. The van der Waals surface area contributed by atoms with Gasteiger partial charge in [0.15, 0.2) is 0 Å². The second kappa shape index (κ2) is 5.25. The summed E-state index contributed by atoms with van der Waals surface area (Å²) in [4.78, 5) is 0. The van der Waals surface area contributed by atoms with E-state index >= 15 is 0 Å². The fourth-order valence-corrected chi connectivity index (χ4v) is 7.64. The van der Waals surface area contributed by atoms with Crippen molar-refractivity contribution < 1.29 is 0 Å². The second-order valence-corrected chi connectivity index (χ2v) is 9.72. The standard InChI is InChI=1S/C20H35N/c1-19-10-16-8-17(11-19)13-20(12-16,14-19)18(21-2)9-15-6-4-3-5-7-15/h15-18,21H,3-14H2,1-2H3. The quantitative estimate of drug-likeness (QED) is 0.754. The highest BCUT2D eigenvalue weighted by Gasteiger charge is 2.58. The van der Waals surface area contributed by atoms with Crippen LogP contribution in [0.25, 0.3) is 0 Å². The zero-order valence-electron chi connectivity index (χ0n) is 14.3. The van der Waals surface area contributed by atoms with E-state index in [2.05, 4.69) is 19.3 Å². The summed E-state index contributed by atoms with van der Waals surface area (Å²) in [5.41, 5.74) is 1.37. The summed E-state index contributed by atoms with van der Waals surface area (Å²) in [6, 6.07) is 0.811. The maximum atomic E-state index is 3.82. The van der Waals surface area contributed by atoms with E-state index in [4.69, 9.17) is 0 Å². The molecule has 0 amide bonds. The predicted octanol–water partition coefficient (Wildman–Crippen LogP) is 5.15. The lowest BCUT2D eigenvalue weighted by atomic mass is 9.42. The van der Waals surface area contributed by atoms with E-state index in [0.717, 1.165) is 23.8 Å². The number of nitrogens with one attached hydrogen (secondary N) is 1. The Kier molecular flexibility index (Phi) is 3.64. The number of rotatable bonds is 4. The molecule has 4 bridgehead atoms. The first-order valence-electron chi connectivity index (χ1n) is 9.78. The third-order valence-corrected chi connectivity index (χ3v) is 7.78. The number of hydrogen-bond donors (Lipinski definition) is 1. The minimum Gasteiger partial charge on any atom is -0.316 e. The third kappa shape index (κ3) is 2.58. The van der Waals surface area contributed by atoms with Crippen LogP contribution in [0.2, 0.25) is 0 Å². The first-order chi connectivity index (χ1) is 10.1. The Morgan fingerprint density at radius 1 is 1.00 bits per heavy atom. The van der Waals surface area contributed by atoms with Gasteiger partial charge in [0.1, 0.15) is 0 Å². The Hall–Kier alpha value is -0.0400. The molecule has 0 heterocycles. The van der Waals surface area contributed by atoms with Crippen LogP contribution in [0.5, 0.6) is 0 Å². The maximum Gasteiger partial charge on any atom is 0.0124 e. The molecule has 0 aliphatic heterocycles. The van der Waals surface area contributed by atoms with Crippen molar-refractivity contribution in [2.75, 3.05) is 7.05 Å². The van der Waals surface area contributed by atoms with Gasteiger partial charge in [0.25, 0.3) is 0 Å². The van der Waals surface area contributed by atoms with Gasteiger partial charge in [-0.1, -0.05) is 39.0 Å². The molecule has 0 aromatic heterocycles. The van der Waals surface area contributed by atoms with Gasteiger partial charge in [-0.3, -0.25) is 0 Å². The summed E-state index contributed by atoms with van der Waals surface area (Å²) in [5, 5.41) is 3.82. The van der Waals surface area contributed by atoms with Crippen molar-refractivity contribution in [3.63, 3.8) is 0 Å². The van der Waals surface area contributed by atoms with Crippen molar-refractivity contribution in [3.05, 3.63) is 0 Å². The molecule has 1 heteroatoms. The maximum absolute atomic E-state index is 3.82. The summed E-state index contributed by atoms with van der Waals surface area (Å²) >= 11 is 0. The van der Waals surface area contributed by atoms with Gasteiger partial charge >= 0.3 is 0 Å². The minimum atomic E-state index is 0.672. The lowest BCUT2D eigenvalue weighted by Crippen LogP contribution is -2.58. The third-order valence-electron chi connectivity index (χ3n) is 7.78. The molecule has 1 nitrogen and oxygen atoms in total. The molecule has 5 saturated carbocycles. The van der Waals surface area contributed by atoms with E-state index < -0.39 is 0 Å². The lowest BCUT2D eigenvalue weighted by molar-refractivity contribution is -0.120. The second-order valence-electron chi connectivity index (χ2n) is 9.72. The van der Waals surface area contributed by atoms with Crippen LogP contribution in [-0.2, 0) is 0 Å². The summed E-state index contributed by atoms with van der Waals surface area (Å²) in [7, 11) is 2.26. The van der Waals surface area contributed by atoms with E-state index in [0.29, 0.717) is 10.8 Å². The fourth-order valence-electron chi connectivity index (χ4n) is 7.64. The first kappa shape index (κ1) is 14.5. The molecule has 21 heavy (non-hydrogen) atoms. The Labute approximate surface area is 131 Å². The molecule has 3 unspecified atom stereocenters. The van der Waals surface area contributed by atoms with Gasteiger partial charge in [-0.15, -0.1) is 0 Å². The highest BCUT2D eigenvalue weighted by Crippen LogP contribution is 2.66. The van der Waals surface area contributed by atoms with Gasteiger partial charge in [0.2, 0.25) is 0 Å². The van der Waals surface area contributed by atoms with Gasteiger partial charge < -0.3 is 5.32 Å². The Bertz CT molecular complexity index is 367. The van der Waals surface area contributed by atoms with Crippen LogP contribution >= 0.6 is 0 Å². The van der Waals surface area contributed by atoms with Crippen molar-refractivity contribution >= 4 is 0 Å². The van der Waals surface area contributed by atoms with E-state index in [9.17, 15) is 0 Å². The molecule has 0 aromatic carbocycles. The predicted molar refractivity (Wildman–Crippen MR) is 89.3 cm³/mol. The minimum absolute atomic E-state index is 0.672. The number of hydrogen-bond acceptors (Lipinski definition) is 1. The molecule has 3 atom stereocenters. The Morgan fingerprint density at radius 3 is 2.24 bits per heavy atom. The normalized spacial score (nSPS) is 47.7. The van der Waals surface area contributed by atoms with E-state index in [-0.39, 0.29) is 0 Å². The molecule has 0 spiro atoms. The topological polar surface area (TPSA) is 12.0 Å². The van der Waals surface area contributed by atoms with Crippen molar-refractivity contribution in [1.29, 1.82) is 0 Å². The fraction of sp³-hybridized carbons (Fsp3) is 1.00. The Morgan fingerprint density at radius 2 is 1.67 bits per heavy atom. The molecule has 120 valence electrons. The Balaban J connectivity index is 1.52. The monoisotopic (exact) mass is 289 g/mol. The largest absolute Gasteiger partial charge is 0.316 e. The summed E-state index contributed by atoms with van der Waals surface area (Å²) < 4.78 is 0. The van der Waals surface area contributed by atoms with Gasteiger partial charge in [-0.25, -0.2) is 0 Å². The van der Waals surface area contributed by atoms with Gasteiger partial charge in [0, 0.05) is 6.04 Å². The zero-order valence-corrected chi connectivity index (χ0v) is 14.3. The van der Waals surface area contributed by atoms with Crippen LogP contribution in [0.1, 0.15) is 84.0 Å². The lowest BCUT2D eigenvalue weighted by Gasteiger charge is -2.64. The summed E-state index contributed by atoms with van der Waals surface area (Å²) in [6.45, 7) is 2.62. The van der Waals surface area contributed by atoms with E-state index in [1.807, 2.05) is 0 Å². The van der Waals surface area contributed by atoms with Crippen molar-refractivity contribution in [2.45, 2.75) is 90.0 Å². The first-order valence-corrected chi connectivity index (χ1v) is 9.78. The molecular weight excluding hydrogens is 254 g/mol. The molecule has 5 aliphatic carbocycles. The van der Waals surface area contributed by atoms with Crippen LogP contribution in [0.4, 0.5) is 0 Å². The molecule has 5 rings (SSSR count). The molecule has 1 N–H and O–H groups in total. The van der Waals surface area contributed by atoms with Gasteiger partial charge in [-0.05, 0) is 80.6 Å². The highest BCUT2D eigenvalue weighted by atomic mass is 14.9.